The first-order chi connectivity index (χ1) is 9.31. The van der Waals surface area contributed by atoms with Crippen molar-refractivity contribution in [2.75, 3.05) is 0 Å². The Hall–Kier alpha value is -0.850. The third kappa shape index (κ3) is 2.11. The highest BCUT2D eigenvalue weighted by molar-refractivity contribution is 7.12. The molecule has 0 saturated heterocycles. The van der Waals surface area contributed by atoms with Crippen molar-refractivity contribution in [1.82, 2.24) is 5.32 Å². The number of hydrogen-bond acceptors (Lipinski definition) is 3. The lowest BCUT2D eigenvalue weighted by Crippen LogP contribution is -2.54. The van der Waals surface area contributed by atoms with Crippen LogP contribution in [-0.4, -0.2) is 6.04 Å². The van der Waals surface area contributed by atoms with Gasteiger partial charge in [0.05, 0.1) is 0 Å². The zero-order valence-corrected chi connectivity index (χ0v) is 12.0. The number of thiophene rings is 1. The number of nitrogens with one attached hydrogen (secondary N) is 1. The molecule has 4 aliphatic carbocycles. The maximum atomic E-state index is 8.87. The van der Waals surface area contributed by atoms with Crippen molar-refractivity contribution in [1.29, 1.82) is 5.26 Å². The van der Waals surface area contributed by atoms with Crippen molar-refractivity contribution in [3.63, 3.8) is 0 Å². The summed E-state index contributed by atoms with van der Waals surface area (Å²) in [5.74, 6) is 3.97. The predicted octanol–water partition coefficient (Wildman–Crippen LogP) is 3.53. The molecule has 1 aromatic heterocycles. The van der Waals surface area contributed by atoms with Crippen LogP contribution in [0.3, 0.4) is 0 Å². The summed E-state index contributed by atoms with van der Waals surface area (Å²) in [5, 5.41) is 12.7. The molecule has 4 fully saturated rings. The van der Waals surface area contributed by atoms with E-state index in [0.717, 1.165) is 41.1 Å². The molecule has 0 unspecified atom stereocenters. The Bertz CT molecular complexity index is 485. The van der Waals surface area contributed by atoms with Crippen LogP contribution in [0.1, 0.15) is 41.9 Å². The van der Waals surface area contributed by atoms with Crippen LogP contribution in [-0.2, 0) is 6.54 Å². The van der Waals surface area contributed by atoms with Crippen LogP contribution >= 0.6 is 11.3 Å². The normalized spacial score (nSPS) is 39.4. The van der Waals surface area contributed by atoms with Crippen molar-refractivity contribution < 1.29 is 0 Å². The zero-order chi connectivity index (χ0) is 12.8. The summed E-state index contributed by atoms with van der Waals surface area (Å²) < 4.78 is 0. The van der Waals surface area contributed by atoms with Crippen LogP contribution in [0.5, 0.6) is 0 Å². The highest BCUT2D eigenvalue weighted by atomic mass is 32.1. The fraction of sp³-hybridized carbons (Fsp3) is 0.688. The van der Waals surface area contributed by atoms with Crippen LogP contribution in [0.4, 0.5) is 0 Å². The smallest absolute Gasteiger partial charge is 0.110 e. The fourth-order valence-corrected chi connectivity index (χ4v) is 5.77. The SMILES string of the molecule is N#Cc1ccc(CNC2C3CC4CC(C3)CC2C4)s1. The lowest BCUT2D eigenvalue weighted by molar-refractivity contribution is -0.0141. The first kappa shape index (κ1) is 11.9. The predicted molar refractivity (Wildman–Crippen MR) is 76.7 cm³/mol. The quantitative estimate of drug-likeness (QED) is 0.913. The van der Waals surface area contributed by atoms with Gasteiger partial charge >= 0.3 is 0 Å². The molecule has 1 N–H and O–H groups in total. The first-order valence-electron chi connectivity index (χ1n) is 7.54. The summed E-state index contributed by atoms with van der Waals surface area (Å²) in [6.45, 7) is 0.958. The zero-order valence-electron chi connectivity index (χ0n) is 11.1. The van der Waals surface area contributed by atoms with Gasteiger partial charge in [-0.25, -0.2) is 0 Å². The van der Waals surface area contributed by atoms with Gasteiger partial charge < -0.3 is 5.32 Å². The Morgan fingerprint density at radius 1 is 1.11 bits per heavy atom. The maximum Gasteiger partial charge on any atom is 0.110 e. The highest BCUT2D eigenvalue weighted by Gasteiger charge is 2.47. The summed E-state index contributed by atoms with van der Waals surface area (Å²) in [6.07, 6.45) is 7.41. The number of nitriles is 1. The van der Waals surface area contributed by atoms with Gasteiger partial charge in [0, 0.05) is 17.5 Å². The standard InChI is InChI=1S/C16H20N2S/c17-8-14-1-2-15(19-14)9-18-16-12-4-10-3-11(6-12)7-13(16)5-10/h1-2,10-13,16,18H,3-7,9H2. The molecule has 5 rings (SSSR count). The van der Waals surface area contributed by atoms with Crippen LogP contribution in [0.2, 0.25) is 0 Å². The Morgan fingerprint density at radius 3 is 2.37 bits per heavy atom. The molecule has 3 heteroatoms. The van der Waals surface area contributed by atoms with E-state index >= 15 is 0 Å². The first-order valence-corrected chi connectivity index (χ1v) is 8.35. The maximum absolute atomic E-state index is 8.87. The van der Waals surface area contributed by atoms with Gasteiger partial charge in [-0.2, -0.15) is 5.26 Å². The third-order valence-corrected chi connectivity index (χ3v) is 6.50. The van der Waals surface area contributed by atoms with E-state index in [2.05, 4.69) is 17.5 Å². The largest absolute Gasteiger partial charge is 0.309 e. The van der Waals surface area contributed by atoms with Gasteiger partial charge in [-0.15, -0.1) is 11.3 Å². The molecule has 1 heterocycles. The molecule has 0 radical (unpaired) electrons. The van der Waals surface area contributed by atoms with Crippen LogP contribution < -0.4 is 5.32 Å². The number of nitrogens with zero attached hydrogens (tertiary/aromatic N) is 1. The van der Waals surface area contributed by atoms with E-state index in [4.69, 9.17) is 5.26 Å². The molecule has 4 saturated carbocycles. The third-order valence-electron chi connectivity index (χ3n) is 5.51. The van der Waals surface area contributed by atoms with Gasteiger partial charge in [0.1, 0.15) is 10.9 Å². The van der Waals surface area contributed by atoms with E-state index in [0.29, 0.717) is 0 Å². The number of rotatable bonds is 3. The molecule has 0 amide bonds. The summed E-state index contributed by atoms with van der Waals surface area (Å²) in [5.41, 5.74) is 0. The minimum Gasteiger partial charge on any atom is -0.309 e. The van der Waals surface area contributed by atoms with Gasteiger partial charge in [-0.1, -0.05) is 0 Å². The van der Waals surface area contributed by atoms with Gasteiger partial charge in [0.15, 0.2) is 0 Å². The molecular formula is C16H20N2S. The van der Waals surface area contributed by atoms with E-state index in [1.165, 1.54) is 37.0 Å². The second kappa shape index (κ2) is 4.61. The lowest BCUT2D eigenvalue weighted by Gasteiger charge is -2.54. The summed E-state index contributed by atoms with van der Waals surface area (Å²) in [6, 6.07) is 7.02. The molecule has 4 bridgehead atoms. The van der Waals surface area contributed by atoms with Crippen molar-refractivity contribution in [3.05, 3.63) is 21.9 Å². The van der Waals surface area contributed by atoms with E-state index in [1.807, 2.05) is 6.07 Å². The fourth-order valence-electron chi connectivity index (χ4n) is 5.01. The number of hydrogen-bond donors (Lipinski definition) is 1. The van der Waals surface area contributed by atoms with Crippen LogP contribution in [0.15, 0.2) is 12.1 Å². The molecule has 0 spiro atoms. The minimum absolute atomic E-state index is 0.750. The van der Waals surface area contributed by atoms with Crippen LogP contribution in [0.25, 0.3) is 0 Å². The van der Waals surface area contributed by atoms with E-state index in [-0.39, 0.29) is 0 Å². The topological polar surface area (TPSA) is 35.8 Å². The Kier molecular flexibility index (Phi) is 2.90. The summed E-state index contributed by atoms with van der Waals surface area (Å²) in [7, 11) is 0. The van der Waals surface area contributed by atoms with E-state index in [9.17, 15) is 0 Å². The molecule has 0 atom stereocenters. The van der Waals surface area contributed by atoms with Crippen LogP contribution in [0, 0.1) is 35.0 Å². The molecular weight excluding hydrogens is 252 g/mol. The Balaban J connectivity index is 1.42. The monoisotopic (exact) mass is 272 g/mol. The van der Waals surface area contributed by atoms with Gasteiger partial charge in [0.2, 0.25) is 0 Å². The van der Waals surface area contributed by atoms with Crippen molar-refractivity contribution in [2.45, 2.75) is 44.7 Å². The second-order valence-electron chi connectivity index (χ2n) is 6.72. The van der Waals surface area contributed by atoms with E-state index < -0.39 is 0 Å². The molecule has 19 heavy (non-hydrogen) atoms. The molecule has 0 aromatic carbocycles. The van der Waals surface area contributed by atoms with Gasteiger partial charge in [0.25, 0.3) is 0 Å². The Morgan fingerprint density at radius 2 is 1.79 bits per heavy atom. The average molecular weight is 272 g/mol. The molecule has 4 aliphatic rings. The molecule has 2 nitrogen and oxygen atoms in total. The lowest BCUT2D eigenvalue weighted by atomic mass is 9.54. The van der Waals surface area contributed by atoms with E-state index in [1.54, 1.807) is 11.3 Å². The Labute approximate surface area is 118 Å². The molecule has 0 aliphatic heterocycles. The van der Waals surface area contributed by atoms with Gasteiger partial charge in [-0.3, -0.25) is 0 Å². The minimum atomic E-state index is 0.750. The second-order valence-corrected chi connectivity index (χ2v) is 7.88. The highest BCUT2D eigenvalue weighted by Crippen LogP contribution is 2.53. The average Bonchev–Trinajstić information content (AvgIpc) is 2.85. The molecule has 1 aromatic rings. The molecule has 100 valence electrons. The van der Waals surface area contributed by atoms with Crippen molar-refractivity contribution in [3.8, 4) is 6.07 Å². The van der Waals surface area contributed by atoms with Crippen molar-refractivity contribution in [2.24, 2.45) is 23.7 Å². The van der Waals surface area contributed by atoms with Gasteiger partial charge in [-0.05, 0) is 67.9 Å². The summed E-state index contributed by atoms with van der Waals surface area (Å²) >= 11 is 1.64. The summed E-state index contributed by atoms with van der Waals surface area (Å²) in [4.78, 5) is 2.15. The van der Waals surface area contributed by atoms with Crippen molar-refractivity contribution >= 4 is 11.3 Å².